The molecular formula is C22H18ClNO. The average molecular weight is 348 g/mol. The van der Waals surface area contributed by atoms with Gasteiger partial charge in [0.15, 0.2) is 0 Å². The van der Waals surface area contributed by atoms with Crippen LogP contribution in [0.3, 0.4) is 0 Å². The minimum atomic E-state index is 0.721. The van der Waals surface area contributed by atoms with Gasteiger partial charge in [-0.3, -0.25) is 0 Å². The number of ether oxygens (including phenoxy) is 1. The van der Waals surface area contributed by atoms with Crippen LogP contribution in [0.4, 0.5) is 5.69 Å². The molecule has 0 saturated heterocycles. The number of para-hydroxylation sites is 2. The van der Waals surface area contributed by atoms with Crippen molar-refractivity contribution in [2.75, 3.05) is 11.4 Å². The molecule has 0 unspecified atom stereocenters. The zero-order valence-electron chi connectivity index (χ0n) is 13.7. The van der Waals surface area contributed by atoms with E-state index in [9.17, 15) is 0 Å². The molecule has 25 heavy (non-hydrogen) atoms. The smallest absolute Gasteiger partial charge is 0.150 e. The van der Waals surface area contributed by atoms with Crippen LogP contribution in [0.15, 0.2) is 84.6 Å². The highest BCUT2D eigenvalue weighted by Gasteiger charge is 2.21. The Hall–Kier alpha value is -2.71. The maximum absolute atomic E-state index is 6.12. The molecule has 1 aliphatic heterocycles. The molecule has 124 valence electrons. The zero-order chi connectivity index (χ0) is 17.1. The molecule has 0 aromatic heterocycles. The molecular weight excluding hydrogens is 330 g/mol. The van der Waals surface area contributed by atoms with E-state index in [2.05, 4.69) is 41.3 Å². The normalized spacial score (nSPS) is 14.9. The first kappa shape index (κ1) is 15.8. The third-order valence-corrected chi connectivity index (χ3v) is 4.42. The van der Waals surface area contributed by atoms with Crippen molar-refractivity contribution in [1.29, 1.82) is 0 Å². The highest BCUT2D eigenvalue weighted by Crippen LogP contribution is 2.35. The van der Waals surface area contributed by atoms with Crippen molar-refractivity contribution in [3.8, 4) is 5.75 Å². The van der Waals surface area contributed by atoms with Gasteiger partial charge in [-0.05, 0) is 41.5 Å². The van der Waals surface area contributed by atoms with E-state index >= 15 is 0 Å². The van der Waals surface area contributed by atoms with Crippen molar-refractivity contribution in [3.63, 3.8) is 0 Å². The molecule has 0 atom stereocenters. The molecule has 4 rings (SSSR count). The van der Waals surface area contributed by atoms with Gasteiger partial charge in [0.05, 0.1) is 12.2 Å². The Morgan fingerprint density at radius 1 is 0.920 bits per heavy atom. The number of hydrogen-bond donors (Lipinski definition) is 0. The summed E-state index contributed by atoms with van der Waals surface area (Å²) in [5, 5.41) is 0.728. The lowest BCUT2D eigenvalue weighted by atomic mass is 10.1. The van der Waals surface area contributed by atoms with Gasteiger partial charge in [0, 0.05) is 11.6 Å². The Labute approximate surface area is 152 Å². The third-order valence-electron chi connectivity index (χ3n) is 4.19. The van der Waals surface area contributed by atoms with Crippen molar-refractivity contribution in [2.24, 2.45) is 0 Å². The Balaban J connectivity index is 1.66. The second-order valence-electron chi connectivity index (χ2n) is 6.08. The van der Waals surface area contributed by atoms with Crippen LogP contribution in [0, 0.1) is 0 Å². The van der Waals surface area contributed by atoms with Crippen molar-refractivity contribution < 1.29 is 4.74 Å². The van der Waals surface area contributed by atoms with Crippen molar-refractivity contribution in [1.82, 2.24) is 0 Å². The summed E-state index contributed by atoms with van der Waals surface area (Å²) in [5.74, 6) is 1.80. The first-order valence-electron chi connectivity index (χ1n) is 8.30. The predicted molar refractivity (Wildman–Crippen MR) is 104 cm³/mol. The minimum absolute atomic E-state index is 0.721. The number of benzene rings is 3. The topological polar surface area (TPSA) is 12.5 Å². The van der Waals surface area contributed by atoms with Gasteiger partial charge in [0.1, 0.15) is 11.5 Å². The molecule has 2 nitrogen and oxygen atoms in total. The van der Waals surface area contributed by atoms with E-state index < -0.39 is 0 Å². The van der Waals surface area contributed by atoms with Crippen LogP contribution in [-0.2, 0) is 6.54 Å². The van der Waals surface area contributed by atoms with Gasteiger partial charge in [0.2, 0.25) is 0 Å². The van der Waals surface area contributed by atoms with Gasteiger partial charge in [-0.25, -0.2) is 0 Å². The molecule has 1 aliphatic rings. The maximum Gasteiger partial charge on any atom is 0.150 e. The minimum Gasteiger partial charge on any atom is -0.458 e. The molecule has 3 aromatic carbocycles. The average Bonchev–Trinajstić information content (AvgIpc) is 2.63. The summed E-state index contributed by atoms with van der Waals surface area (Å²) in [4.78, 5) is 2.34. The van der Waals surface area contributed by atoms with E-state index in [0.717, 1.165) is 40.9 Å². The lowest BCUT2D eigenvalue weighted by molar-refractivity contribution is 0.399. The van der Waals surface area contributed by atoms with Crippen LogP contribution in [0.1, 0.15) is 11.1 Å². The maximum atomic E-state index is 6.12. The predicted octanol–water partition coefficient (Wildman–Crippen LogP) is 5.78. The molecule has 0 aliphatic carbocycles. The van der Waals surface area contributed by atoms with Gasteiger partial charge < -0.3 is 9.64 Å². The van der Waals surface area contributed by atoms with Gasteiger partial charge in [-0.2, -0.15) is 0 Å². The van der Waals surface area contributed by atoms with Gasteiger partial charge in [-0.15, -0.1) is 0 Å². The Bertz CT molecular complexity index is 905. The van der Waals surface area contributed by atoms with Crippen molar-refractivity contribution >= 4 is 23.4 Å². The summed E-state index contributed by atoms with van der Waals surface area (Å²) >= 11 is 6.10. The van der Waals surface area contributed by atoms with Gasteiger partial charge in [-0.1, -0.05) is 66.2 Å². The molecule has 0 fully saturated rings. The zero-order valence-corrected chi connectivity index (χ0v) is 14.5. The third kappa shape index (κ3) is 3.70. The van der Waals surface area contributed by atoms with Gasteiger partial charge in [0.25, 0.3) is 0 Å². The summed E-state index contributed by atoms with van der Waals surface area (Å²) in [7, 11) is 0. The number of fused-ring (bicyclic) bond motifs is 1. The lowest BCUT2D eigenvalue weighted by Gasteiger charge is -2.32. The van der Waals surface area contributed by atoms with Crippen molar-refractivity contribution in [2.45, 2.75) is 6.54 Å². The highest BCUT2D eigenvalue weighted by atomic mass is 35.5. The summed E-state index contributed by atoms with van der Waals surface area (Å²) in [5.41, 5.74) is 3.44. The van der Waals surface area contributed by atoms with E-state index in [1.807, 2.05) is 48.5 Å². The fourth-order valence-electron chi connectivity index (χ4n) is 3.05. The lowest BCUT2D eigenvalue weighted by Crippen LogP contribution is -2.30. The van der Waals surface area contributed by atoms with E-state index in [0.29, 0.717) is 0 Å². The van der Waals surface area contributed by atoms with Crippen LogP contribution in [0.25, 0.3) is 6.08 Å². The standard InChI is InChI=1S/C22H18ClNO/c23-19-10-6-9-18(13-19)14-20-16-24(15-17-7-2-1-3-8-17)21-11-4-5-12-22(21)25-20/h1-14H,15-16H2/b20-14+. The quantitative estimate of drug-likeness (QED) is 0.595. The Kier molecular flexibility index (Phi) is 4.45. The molecule has 0 bridgehead atoms. The van der Waals surface area contributed by atoms with E-state index in [4.69, 9.17) is 16.3 Å². The van der Waals surface area contributed by atoms with E-state index in [-0.39, 0.29) is 0 Å². The second-order valence-corrected chi connectivity index (χ2v) is 6.51. The fourth-order valence-corrected chi connectivity index (χ4v) is 3.25. The number of rotatable bonds is 3. The highest BCUT2D eigenvalue weighted by molar-refractivity contribution is 6.30. The summed E-state index contributed by atoms with van der Waals surface area (Å²) < 4.78 is 6.12. The Morgan fingerprint density at radius 2 is 1.72 bits per heavy atom. The summed E-state index contributed by atoms with van der Waals surface area (Å²) in [6, 6.07) is 26.5. The number of halogens is 1. The van der Waals surface area contributed by atoms with Crippen LogP contribution >= 0.6 is 11.6 Å². The van der Waals surface area contributed by atoms with Crippen LogP contribution in [0.2, 0.25) is 5.02 Å². The largest absolute Gasteiger partial charge is 0.458 e. The fraction of sp³-hybridized carbons (Fsp3) is 0.0909. The van der Waals surface area contributed by atoms with Gasteiger partial charge >= 0.3 is 0 Å². The Morgan fingerprint density at radius 3 is 2.56 bits per heavy atom. The van der Waals surface area contributed by atoms with Crippen LogP contribution < -0.4 is 9.64 Å². The van der Waals surface area contributed by atoms with Crippen LogP contribution in [0.5, 0.6) is 5.75 Å². The molecule has 0 spiro atoms. The molecule has 0 amide bonds. The monoisotopic (exact) mass is 347 g/mol. The van der Waals surface area contributed by atoms with Crippen molar-refractivity contribution in [3.05, 3.63) is 101 Å². The molecule has 3 aromatic rings. The molecule has 0 N–H and O–H groups in total. The summed E-state index contributed by atoms with van der Waals surface area (Å²) in [6.45, 7) is 1.56. The summed E-state index contributed by atoms with van der Waals surface area (Å²) in [6.07, 6.45) is 2.06. The number of anilines is 1. The first-order valence-corrected chi connectivity index (χ1v) is 8.68. The van der Waals surface area contributed by atoms with Crippen LogP contribution in [-0.4, -0.2) is 6.54 Å². The second kappa shape index (κ2) is 7.04. The number of hydrogen-bond acceptors (Lipinski definition) is 2. The molecule has 3 heteroatoms. The van der Waals surface area contributed by atoms with E-state index in [1.165, 1.54) is 5.56 Å². The molecule has 1 heterocycles. The SMILES string of the molecule is Clc1cccc(/C=C2\CN(Cc3ccccc3)c3ccccc3O2)c1. The number of nitrogens with zero attached hydrogens (tertiary/aromatic N) is 1. The molecule has 0 radical (unpaired) electrons. The first-order chi connectivity index (χ1) is 12.3. The molecule has 0 saturated carbocycles. The van der Waals surface area contributed by atoms with E-state index in [1.54, 1.807) is 0 Å².